The molecule has 1 N–H and O–H groups in total. The first-order chi connectivity index (χ1) is 11.6. The molecule has 0 atom stereocenters. The van der Waals surface area contributed by atoms with Crippen molar-refractivity contribution in [3.05, 3.63) is 69.9 Å². The first-order valence-corrected chi connectivity index (χ1v) is 7.90. The van der Waals surface area contributed by atoms with Gasteiger partial charge in [-0.2, -0.15) is 0 Å². The van der Waals surface area contributed by atoms with Crippen LogP contribution in [0.3, 0.4) is 0 Å². The van der Waals surface area contributed by atoms with Crippen molar-refractivity contribution in [1.82, 2.24) is 9.38 Å². The van der Waals surface area contributed by atoms with E-state index in [0.29, 0.717) is 5.92 Å². The average Bonchev–Trinajstić information content (AvgIpc) is 3.41. The van der Waals surface area contributed by atoms with Gasteiger partial charge in [0.15, 0.2) is 0 Å². The molecule has 120 valence electrons. The van der Waals surface area contributed by atoms with Crippen LogP contribution in [-0.4, -0.2) is 20.5 Å². The van der Waals surface area contributed by atoms with Crippen molar-refractivity contribution in [3.8, 4) is 11.1 Å². The molecule has 0 spiro atoms. The first kappa shape index (κ1) is 14.6. The highest BCUT2D eigenvalue weighted by Gasteiger charge is 2.29. The summed E-state index contributed by atoms with van der Waals surface area (Å²) in [7, 11) is 0. The van der Waals surface area contributed by atoms with Crippen LogP contribution in [0.15, 0.2) is 47.7 Å². The van der Waals surface area contributed by atoms with Gasteiger partial charge in [-0.1, -0.05) is 0 Å². The van der Waals surface area contributed by atoms with E-state index in [1.54, 1.807) is 24.7 Å². The van der Waals surface area contributed by atoms with Crippen molar-refractivity contribution in [3.63, 3.8) is 0 Å². The normalized spacial score (nSPS) is 14.0. The summed E-state index contributed by atoms with van der Waals surface area (Å²) in [6.45, 7) is 1.98. The minimum atomic E-state index is -1.17. The molecule has 1 aliphatic rings. The molecule has 0 aliphatic heterocycles. The highest BCUT2D eigenvalue weighted by molar-refractivity contribution is 5.89. The summed E-state index contributed by atoms with van der Waals surface area (Å²) in [4.78, 5) is 28.0. The lowest BCUT2D eigenvalue weighted by Crippen LogP contribution is -2.23. The standard InChI is InChI=1S/C19H16N2O3/c1-11-14(13-4-7-20-8-5-13)6-9-21-17(11)15(12-2-3-12)10-16(18(21)22)19(23)24/h4-10,12H,2-3H2,1H3,(H,23,24). The minimum Gasteiger partial charge on any atom is -0.477 e. The van der Waals surface area contributed by atoms with E-state index in [1.807, 2.05) is 25.1 Å². The van der Waals surface area contributed by atoms with Crippen LogP contribution < -0.4 is 5.56 Å². The van der Waals surface area contributed by atoms with Gasteiger partial charge in [-0.3, -0.25) is 14.2 Å². The van der Waals surface area contributed by atoms with Crippen LogP contribution in [-0.2, 0) is 0 Å². The summed E-state index contributed by atoms with van der Waals surface area (Å²) < 4.78 is 1.48. The third kappa shape index (κ3) is 2.21. The second kappa shape index (κ2) is 5.30. The minimum absolute atomic E-state index is 0.162. The molecular weight excluding hydrogens is 304 g/mol. The highest BCUT2D eigenvalue weighted by Crippen LogP contribution is 2.43. The fourth-order valence-electron chi connectivity index (χ4n) is 3.30. The van der Waals surface area contributed by atoms with Gasteiger partial charge in [0.2, 0.25) is 0 Å². The van der Waals surface area contributed by atoms with Crippen LogP contribution in [0.25, 0.3) is 16.6 Å². The Kier molecular flexibility index (Phi) is 3.23. The summed E-state index contributed by atoms with van der Waals surface area (Å²) in [5.74, 6) is -0.836. The van der Waals surface area contributed by atoms with Crippen molar-refractivity contribution in [2.45, 2.75) is 25.7 Å². The van der Waals surface area contributed by atoms with Crippen LogP contribution in [0, 0.1) is 6.92 Å². The quantitative estimate of drug-likeness (QED) is 0.804. The van der Waals surface area contributed by atoms with Crippen LogP contribution in [0.2, 0.25) is 0 Å². The summed E-state index contributed by atoms with van der Waals surface area (Å²) in [5.41, 5.74) is 4.20. The van der Waals surface area contributed by atoms with E-state index in [-0.39, 0.29) is 5.56 Å². The van der Waals surface area contributed by atoms with Crippen molar-refractivity contribution in [2.75, 3.05) is 0 Å². The van der Waals surface area contributed by atoms with E-state index in [1.165, 1.54) is 4.40 Å². The summed E-state index contributed by atoms with van der Waals surface area (Å²) in [5, 5.41) is 9.33. The van der Waals surface area contributed by atoms with Crippen molar-refractivity contribution in [1.29, 1.82) is 0 Å². The predicted molar refractivity (Wildman–Crippen MR) is 90.6 cm³/mol. The maximum atomic E-state index is 12.5. The maximum absolute atomic E-state index is 12.5. The lowest BCUT2D eigenvalue weighted by molar-refractivity contribution is 0.0694. The highest BCUT2D eigenvalue weighted by atomic mass is 16.4. The Hall–Kier alpha value is -2.95. The molecule has 0 aromatic carbocycles. The molecule has 0 bridgehead atoms. The zero-order chi connectivity index (χ0) is 16.8. The van der Waals surface area contributed by atoms with E-state index < -0.39 is 11.5 Å². The second-order valence-electron chi connectivity index (χ2n) is 6.21. The molecule has 3 aromatic heterocycles. The van der Waals surface area contributed by atoms with Gasteiger partial charge in [-0.15, -0.1) is 0 Å². The van der Waals surface area contributed by atoms with E-state index in [9.17, 15) is 14.7 Å². The fourth-order valence-corrected chi connectivity index (χ4v) is 3.30. The number of carboxylic acid groups (broad SMARTS) is 1. The molecule has 0 amide bonds. The molecule has 0 saturated heterocycles. The number of hydrogen-bond donors (Lipinski definition) is 1. The van der Waals surface area contributed by atoms with Gasteiger partial charge in [0, 0.05) is 18.6 Å². The van der Waals surface area contributed by atoms with E-state index in [2.05, 4.69) is 4.98 Å². The summed E-state index contributed by atoms with van der Waals surface area (Å²) in [6, 6.07) is 7.29. The number of rotatable bonds is 3. The summed E-state index contributed by atoms with van der Waals surface area (Å²) >= 11 is 0. The Bertz CT molecular complexity index is 1020. The molecule has 3 aromatic rings. The topological polar surface area (TPSA) is 71.7 Å². The number of nitrogens with zero attached hydrogens (tertiary/aromatic N) is 2. The first-order valence-electron chi connectivity index (χ1n) is 7.90. The van der Waals surface area contributed by atoms with Gasteiger partial charge in [-0.25, -0.2) is 4.79 Å². The molecule has 0 unspecified atom stereocenters. The summed E-state index contributed by atoms with van der Waals surface area (Å²) in [6.07, 6.45) is 7.22. The Balaban J connectivity index is 2.08. The third-order valence-electron chi connectivity index (χ3n) is 4.65. The maximum Gasteiger partial charge on any atom is 0.341 e. The molecule has 5 heteroatoms. The number of hydrogen-bond acceptors (Lipinski definition) is 3. The number of fused-ring (bicyclic) bond motifs is 1. The van der Waals surface area contributed by atoms with E-state index >= 15 is 0 Å². The number of carbonyl (C=O) groups is 1. The predicted octanol–water partition coefficient (Wildman–Crippen LogP) is 3.25. The molecule has 24 heavy (non-hydrogen) atoms. The lowest BCUT2D eigenvalue weighted by atomic mass is 9.97. The van der Waals surface area contributed by atoms with Gasteiger partial charge in [0.05, 0.1) is 5.52 Å². The van der Waals surface area contributed by atoms with Gasteiger partial charge >= 0.3 is 5.97 Å². The van der Waals surface area contributed by atoms with Crippen molar-refractivity contribution >= 4 is 11.5 Å². The monoisotopic (exact) mass is 320 g/mol. The SMILES string of the molecule is Cc1c(-c2ccncc2)ccn2c(=O)c(C(=O)O)cc(C3CC3)c12. The molecule has 5 nitrogen and oxygen atoms in total. The fraction of sp³-hybridized carbons (Fsp3) is 0.211. The number of pyridine rings is 3. The lowest BCUT2D eigenvalue weighted by Gasteiger charge is -2.15. The van der Waals surface area contributed by atoms with Crippen LogP contribution >= 0.6 is 0 Å². The number of aromatic carboxylic acids is 1. The number of carboxylic acids is 1. The zero-order valence-corrected chi connectivity index (χ0v) is 13.2. The zero-order valence-electron chi connectivity index (χ0n) is 13.2. The molecule has 1 aliphatic carbocycles. The number of aromatic nitrogens is 2. The van der Waals surface area contributed by atoms with Gasteiger partial charge in [0.25, 0.3) is 5.56 Å². The van der Waals surface area contributed by atoms with E-state index in [4.69, 9.17) is 0 Å². The van der Waals surface area contributed by atoms with Crippen molar-refractivity contribution < 1.29 is 9.90 Å². The Labute approximate surface area is 138 Å². The van der Waals surface area contributed by atoms with Crippen LogP contribution in [0.4, 0.5) is 0 Å². The molecule has 1 fully saturated rings. The molecule has 1 saturated carbocycles. The van der Waals surface area contributed by atoms with Gasteiger partial charge in [-0.05, 0) is 72.2 Å². The Morgan fingerprint density at radius 1 is 1.25 bits per heavy atom. The van der Waals surface area contributed by atoms with Gasteiger partial charge < -0.3 is 5.11 Å². The smallest absolute Gasteiger partial charge is 0.341 e. The van der Waals surface area contributed by atoms with Crippen LogP contribution in [0.1, 0.15) is 40.2 Å². The average molecular weight is 320 g/mol. The molecule has 3 heterocycles. The second-order valence-corrected chi connectivity index (χ2v) is 6.21. The Morgan fingerprint density at radius 3 is 2.58 bits per heavy atom. The van der Waals surface area contributed by atoms with E-state index in [0.717, 1.165) is 40.6 Å². The Morgan fingerprint density at radius 2 is 1.96 bits per heavy atom. The molecule has 4 rings (SSSR count). The largest absolute Gasteiger partial charge is 0.477 e. The van der Waals surface area contributed by atoms with Crippen LogP contribution in [0.5, 0.6) is 0 Å². The van der Waals surface area contributed by atoms with Crippen molar-refractivity contribution in [2.24, 2.45) is 0 Å². The third-order valence-corrected chi connectivity index (χ3v) is 4.65. The number of aryl methyl sites for hydroxylation is 1. The van der Waals surface area contributed by atoms with Gasteiger partial charge in [0.1, 0.15) is 5.56 Å². The molecular formula is C19H16N2O3. The molecule has 0 radical (unpaired) electrons.